The quantitative estimate of drug-likeness (QED) is 0.224. The molecule has 1 atom stereocenters. The SMILES string of the molecule is CCCCCOc1cc(-c2ccc(OCCNC[C@@H](O)c3ccccc3)cc2)ccc1C(=O)NS(C)(=O)=O.Cl. The van der Waals surface area contributed by atoms with E-state index in [1.54, 1.807) is 18.2 Å². The third kappa shape index (κ3) is 10.9. The molecular formula is C29H37ClN2O6S. The second-order valence-corrected chi connectivity index (χ2v) is 10.7. The van der Waals surface area contributed by atoms with Crippen molar-refractivity contribution in [2.75, 3.05) is 32.6 Å². The lowest BCUT2D eigenvalue weighted by molar-refractivity contribution is 0.0977. The van der Waals surface area contributed by atoms with E-state index >= 15 is 0 Å². The first-order chi connectivity index (χ1) is 18.3. The number of nitrogens with one attached hydrogen (secondary N) is 2. The molecule has 1 amide bonds. The van der Waals surface area contributed by atoms with Crippen molar-refractivity contribution >= 4 is 28.3 Å². The van der Waals surface area contributed by atoms with E-state index < -0.39 is 22.0 Å². The number of carbonyl (C=O) groups excluding carboxylic acids is 1. The van der Waals surface area contributed by atoms with Crippen molar-refractivity contribution < 1.29 is 27.8 Å². The van der Waals surface area contributed by atoms with Crippen molar-refractivity contribution in [3.8, 4) is 22.6 Å². The highest BCUT2D eigenvalue weighted by Gasteiger charge is 2.17. The Hall–Kier alpha value is -3.11. The fourth-order valence-corrected chi connectivity index (χ4v) is 4.23. The minimum absolute atomic E-state index is 0. The maximum absolute atomic E-state index is 12.5. The fraction of sp³-hybridized carbons (Fsp3) is 0.345. The van der Waals surface area contributed by atoms with Crippen molar-refractivity contribution in [1.29, 1.82) is 0 Å². The first-order valence-electron chi connectivity index (χ1n) is 12.7. The maximum Gasteiger partial charge on any atom is 0.268 e. The van der Waals surface area contributed by atoms with Gasteiger partial charge in [0.05, 0.1) is 24.5 Å². The van der Waals surface area contributed by atoms with E-state index in [0.29, 0.717) is 37.8 Å². The molecule has 0 bridgehead atoms. The second-order valence-electron chi connectivity index (χ2n) is 8.97. The van der Waals surface area contributed by atoms with Crippen molar-refractivity contribution in [3.05, 3.63) is 83.9 Å². The van der Waals surface area contributed by atoms with E-state index in [1.807, 2.05) is 59.3 Å². The smallest absolute Gasteiger partial charge is 0.268 e. The van der Waals surface area contributed by atoms with E-state index in [4.69, 9.17) is 9.47 Å². The van der Waals surface area contributed by atoms with Gasteiger partial charge in [-0.15, -0.1) is 12.4 Å². The Morgan fingerprint density at radius 3 is 2.28 bits per heavy atom. The van der Waals surface area contributed by atoms with Gasteiger partial charge in [0.25, 0.3) is 5.91 Å². The van der Waals surface area contributed by atoms with Gasteiger partial charge >= 0.3 is 0 Å². The van der Waals surface area contributed by atoms with Gasteiger partial charge in [0.1, 0.15) is 18.1 Å². The Morgan fingerprint density at radius 1 is 0.923 bits per heavy atom. The number of amides is 1. The number of hydrogen-bond donors (Lipinski definition) is 3. The van der Waals surface area contributed by atoms with Crippen LogP contribution in [0.4, 0.5) is 0 Å². The summed E-state index contributed by atoms with van der Waals surface area (Å²) in [7, 11) is -3.70. The van der Waals surface area contributed by atoms with Crippen LogP contribution in [0.3, 0.4) is 0 Å². The number of aliphatic hydroxyl groups is 1. The molecule has 0 fully saturated rings. The largest absolute Gasteiger partial charge is 0.493 e. The van der Waals surface area contributed by atoms with Gasteiger partial charge in [-0.2, -0.15) is 0 Å². The maximum atomic E-state index is 12.5. The lowest BCUT2D eigenvalue weighted by Gasteiger charge is -2.14. The molecule has 39 heavy (non-hydrogen) atoms. The van der Waals surface area contributed by atoms with Crippen LogP contribution in [0.1, 0.15) is 48.2 Å². The van der Waals surface area contributed by atoms with Gasteiger partial charge in [-0.3, -0.25) is 4.79 Å². The number of benzene rings is 3. The van der Waals surface area contributed by atoms with Crippen molar-refractivity contribution in [2.24, 2.45) is 0 Å². The van der Waals surface area contributed by atoms with Crippen LogP contribution < -0.4 is 19.5 Å². The summed E-state index contributed by atoms with van der Waals surface area (Å²) in [5.74, 6) is 0.321. The molecule has 3 N–H and O–H groups in total. The Bertz CT molecular complexity index is 1270. The van der Waals surface area contributed by atoms with Crippen LogP contribution >= 0.6 is 12.4 Å². The summed E-state index contributed by atoms with van der Waals surface area (Å²) in [6.07, 6.45) is 3.23. The summed E-state index contributed by atoms with van der Waals surface area (Å²) in [6, 6.07) is 22.1. The normalized spacial score (nSPS) is 11.8. The summed E-state index contributed by atoms with van der Waals surface area (Å²) in [5.41, 5.74) is 2.76. The van der Waals surface area contributed by atoms with Crippen LogP contribution in [0.25, 0.3) is 11.1 Å². The molecule has 8 nitrogen and oxygen atoms in total. The lowest BCUT2D eigenvalue weighted by atomic mass is 10.0. The Labute approximate surface area is 237 Å². The molecule has 0 aliphatic carbocycles. The van der Waals surface area contributed by atoms with Crippen LogP contribution in [0.2, 0.25) is 0 Å². The molecule has 3 aromatic rings. The highest BCUT2D eigenvalue weighted by atomic mass is 35.5. The number of hydrogen-bond acceptors (Lipinski definition) is 7. The van der Waals surface area contributed by atoms with E-state index in [1.165, 1.54) is 0 Å². The minimum atomic E-state index is -3.70. The molecule has 0 aromatic heterocycles. The summed E-state index contributed by atoms with van der Waals surface area (Å²) in [6.45, 7) is 3.99. The summed E-state index contributed by atoms with van der Waals surface area (Å²) >= 11 is 0. The van der Waals surface area contributed by atoms with Crippen LogP contribution in [0, 0.1) is 0 Å². The third-order valence-electron chi connectivity index (χ3n) is 5.77. The molecule has 0 saturated carbocycles. The Morgan fingerprint density at radius 2 is 1.62 bits per heavy atom. The van der Waals surface area contributed by atoms with Crippen LogP contribution in [-0.2, 0) is 10.0 Å². The molecule has 0 radical (unpaired) electrons. The van der Waals surface area contributed by atoms with E-state index in [0.717, 1.165) is 42.2 Å². The number of aliphatic hydroxyl groups excluding tert-OH is 1. The number of rotatable bonds is 15. The molecule has 3 aromatic carbocycles. The van der Waals surface area contributed by atoms with E-state index in [2.05, 4.69) is 12.2 Å². The van der Waals surface area contributed by atoms with Gasteiger partial charge in [-0.05, 0) is 47.4 Å². The van der Waals surface area contributed by atoms with Gasteiger partial charge in [0.15, 0.2) is 0 Å². The van der Waals surface area contributed by atoms with Crippen LogP contribution in [0.5, 0.6) is 11.5 Å². The highest BCUT2D eigenvalue weighted by molar-refractivity contribution is 7.89. The minimum Gasteiger partial charge on any atom is -0.493 e. The zero-order valence-electron chi connectivity index (χ0n) is 22.3. The molecule has 0 aliphatic rings. The van der Waals surface area contributed by atoms with Crippen molar-refractivity contribution in [1.82, 2.24) is 10.0 Å². The topological polar surface area (TPSA) is 114 Å². The van der Waals surface area contributed by atoms with Crippen LogP contribution in [-0.4, -0.2) is 52.0 Å². The number of ether oxygens (including phenoxy) is 2. The Balaban J connectivity index is 0.00000533. The predicted molar refractivity (Wildman–Crippen MR) is 156 cm³/mol. The summed E-state index contributed by atoms with van der Waals surface area (Å²) in [5, 5.41) is 13.4. The Kier molecular flexibility index (Phi) is 13.3. The second kappa shape index (κ2) is 16.1. The first kappa shape index (κ1) is 32.1. The summed E-state index contributed by atoms with van der Waals surface area (Å²) in [4.78, 5) is 12.5. The first-order valence-corrected chi connectivity index (χ1v) is 14.6. The molecule has 0 heterocycles. The molecule has 10 heteroatoms. The van der Waals surface area contributed by atoms with Gasteiger partial charge in [-0.25, -0.2) is 13.1 Å². The molecule has 0 aliphatic heterocycles. The van der Waals surface area contributed by atoms with E-state index in [-0.39, 0.29) is 18.0 Å². The van der Waals surface area contributed by atoms with E-state index in [9.17, 15) is 18.3 Å². The number of sulfonamides is 1. The predicted octanol–water partition coefficient (Wildman–Crippen LogP) is 4.74. The zero-order valence-corrected chi connectivity index (χ0v) is 23.9. The molecule has 0 saturated heterocycles. The number of halogens is 1. The fourth-order valence-electron chi connectivity index (χ4n) is 3.78. The standard InChI is InChI=1S/C29H36N2O6S.ClH/c1-3-4-8-18-37-28-20-24(13-16-26(28)29(33)31-38(2,34)35)22-11-14-25(15-12-22)36-19-17-30-21-27(32)23-9-6-5-7-10-23;/h5-7,9-16,20,27,30,32H,3-4,8,17-19,21H2,1-2H3,(H,31,33);1H/t27-;/m1./s1. The lowest BCUT2D eigenvalue weighted by Crippen LogP contribution is -2.29. The number of carbonyl (C=O) groups is 1. The molecular weight excluding hydrogens is 540 g/mol. The zero-order chi connectivity index (χ0) is 27.4. The average molecular weight is 577 g/mol. The van der Waals surface area contributed by atoms with Crippen molar-refractivity contribution in [2.45, 2.75) is 32.3 Å². The molecule has 3 rings (SSSR count). The molecule has 212 valence electrons. The number of unbranched alkanes of at least 4 members (excludes halogenated alkanes) is 2. The monoisotopic (exact) mass is 576 g/mol. The highest BCUT2D eigenvalue weighted by Crippen LogP contribution is 2.29. The average Bonchev–Trinajstić information content (AvgIpc) is 2.90. The molecule has 0 spiro atoms. The summed E-state index contributed by atoms with van der Waals surface area (Å²) < 4.78 is 36.8. The van der Waals surface area contributed by atoms with Gasteiger partial charge < -0.3 is 19.9 Å². The van der Waals surface area contributed by atoms with Gasteiger partial charge in [0, 0.05) is 13.1 Å². The molecule has 0 unspecified atom stereocenters. The van der Waals surface area contributed by atoms with Gasteiger partial charge in [-0.1, -0.05) is 68.3 Å². The van der Waals surface area contributed by atoms with Crippen molar-refractivity contribution in [3.63, 3.8) is 0 Å². The van der Waals surface area contributed by atoms with Crippen LogP contribution in [0.15, 0.2) is 72.8 Å². The van der Waals surface area contributed by atoms with Gasteiger partial charge in [0.2, 0.25) is 10.0 Å². The third-order valence-corrected chi connectivity index (χ3v) is 6.32.